The molecule has 1 atom stereocenters. The first kappa shape index (κ1) is 10.8. The van der Waals surface area contributed by atoms with Crippen LogP contribution >= 0.6 is 12.6 Å². The number of thiol groups is 1. The lowest BCUT2D eigenvalue weighted by Gasteiger charge is -2.19. The number of benzene rings is 1. The molecule has 0 radical (unpaired) electrons. The number of fused-ring (bicyclic) bond motifs is 1. The van der Waals surface area contributed by atoms with Gasteiger partial charge in [0.1, 0.15) is 5.75 Å². The third-order valence-electron chi connectivity index (χ3n) is 2.72. The van der Waals surface area contributed by atoms with Crippen LogP contribution in [0.2, 0.25) is 0 Å². The minimum Gasteiger partial charge on any atom is -0.493 e. The van der Waals surface area contributed by atoms with Crippen LogP contribution in [0.3, 0.4) is 0 Å². The third-order valence-corrected chi connectivity index (χ3v) is 2.98. The van der Waals surface area contributed by atoms with E-state index in [0.717, 1.165) is 30.8 Å². The fourth-order valence-corrected chi connectivity index (χ4v) is 2.12. The summed E-state index contributed by atoms with van der Waals surface area (Å²) in [6.07, 6.45) is 2.42. The molecule has 0 aromatic heterocycles. The Balaban J connectivity index is 2.20. The van der Waals surface area contributed by atoms with E-state index in [1.54, 1.807) is 0 Å². The SMILES string of the molecule is OC(CCS)c1ccc2c(c1)CCCO2. The quantitative estimate of drug-likeness (QED) is 0.772. The summed E-state index contributed by atoms with van der Waals surface area (Å²) >= 11 is 4.12. The molecule has 15 heavy (non-hydrogen) atoms. The summed E-state index contributed by atoms with van der Waals surface area (Å²) in [7, 11) is 0. The Kier molecular flexibility index (Phi) is 3.54. The van der Waals surface area contributed by atoms with Crippen LogP contribution in [0.1, 0.15) is 30.1 Å². The molecule has 1 aromatic carbocycles. The molecule has 0 amide bonds. The van der Waals surface area contributed by atoms with E-state index in [-0.39, 0.29) is 0 Å². The number of aliphatic hydroxyl groups excluding tert-OH is 1. The lowest BCUT2D eigenvalue weighted by molar-refractivity contribution is 0.174. The summed E-state index contributed by atoms with van der Waals surface area (Å²) in [5.41, 5.74) is 2.20. The fourth-order valence-electron chi connectivity index (χ4n) is 1.88. The average molecular weight is 224 g/mol. The number of hydrogen-bond donors (Lipinski definition) is 2. The van der Waals surface area contributed by atoms with E-state index in [9.17, 15) is 5.11 Å². The summed E-state index contributed by atoms with van der Waals surface area (Å²) in [6, 6.07) is 5.96. The van der Waals surface area contributed by atoms with Gasteiger partial charge in [-0.3, -0.25) is 0 Å². The minimum atomic E-state index is -0.394. The summed E-state index contributed by atoms with van der Waals surface area (Å²) < 4.78 is 5.52. The zero-order valence-corrected chi connectivity index (χ0v) is 9.54. The highest BCUT2D eigenvalue weighted by atomic mass is 32.1. The van der Waals surface area contributed by atoms with Crippen molar-refractivity contribution in [1.82, 2.24) is 0 Å². The summed E-state index contributed by atoms with van der Waals surface area (Å²) in [6.45, 7) is 0.811. The van der Waals surface area contributed by atoms with Gasteiger partial charge < -0.3 is 9.84 Å². The highest BCUT2D eigenvalue weighted by Gasteiger charge is 2.13. The van der Waals surface area contributed by atoms with Gasteiger partial charge in [-0.05, 0) is 48.3 Å². The van der Waals surface area contributed by atoms with Gasteiger partial charge in [-0.25, -0.2) is 0 Å². The molecule has 0 saturated heterocycles. The Morgan fingerprint density at radius 2 is 2.33 bits per heavy atom. The molecule has 0 fully saturated rings. The van der Waals surface area contributed by atoms with Crippen LogP contribution < -0.4 is 4.74 Å². The van der Waals surface area contributed by atoms with Crippen LogP contribution in [0, 0.1) is 0 Å². The van der Waals surface area contributed by atoms with E-state index in [2.05, 4.69) is 18.7 Å². The maximum atomic E-state index is 9.83. The van der Waals surface area contributed by atoms with Gasteiger partial charge in [0.05, 0.1) is 12.7 Å². The monoisotopic (exact) mass is 224 g/mol. The smallest absolute Gasteiger partial charge is 0.122 e. The van der Waals surface area contributed by atoms with Crippen molar-refractivity contribution < 1.29 is 9.84 Å². The van der Waals surface area contributed by atoms with Crippen molar-refractivity contribution in [2.75, 3.05) is 12.4 Å². The van der Waals surface area contributed by atoms with E-state index in [0.29, 0.717) is 12.2 Å². The highest BCUT2D eigenvalue weighted by Crippen LogP contribution is 2.28. The summed E-state index contributed by atoms with van der Waals surface area (Å²) in [4.78, 5) is 0. The molecule has 1 heterocycles. The van der Waals surface area contributed by atoms with Gasteiger partial charge in [-0.2, -0.15) is 12.6 Å². The van der Waals surface area contributed by atoms with E-state index in [4.69, 9.17) is 4.74 Å². The second-order valence-electron chi connectivity index (χ2n) is 3.85. The van der Waals surface area contributed by atoms with Gasteiger partial charge in [-0.15, -0.1) is 0 Å². The molecule has 1 aliphatic heterocycles. The number of hydrogen-bond acceptors (Lipinski definition) is 3. The number of aliphatic hydroxyl groups is 1. The molecule has 2 rings (SSSR count). The van der Waals surface area contributed by atoms with Crippen molar-refractivity contribution in [3.63, 3.8) is 0 Å². The Hall–Kier alpha value is -0.670. The van der Waals surface area contributed by atoms with Crippen LogP contribution in [0.25, 0.3) is 0 Å². The first-order chi connectivity index (χ1) is 7.31. The second-order valence-corrected chi connectivity index (χ2v) is 4.29. The van der Waals surface area contributed by atoms with Crippen LogP contribution in [0.4, 0.5) is 0 Å². The van der Waals surface area contributed by atoms with Crippen LogP contribution in [-0.2, 0) is 6.42 Å². The molecular formula is C12H16O2S. The van der Waals surface area contributed by atoms with E-state index in [1.807, 2.05) is 12.1 Å². The zero-order valence-electron chi connectivity index (χ0n) is 8.65. The molecule has 0 bridgehead atoms. The van der Waals surface area contributed by atoms with E-state index < -0.39 is 6.10 Å². The highest BCUT2D eigenvalue weighted by molar-refractivity contribution is 7.80. The maximum absolute atomic E-state index is 9.83. The minimum absolute atomic E-state index is 0.394. The van der Waals surface area contributed by atoms with Gasteiger partial charge in [-0.1, -0.05) is 6.07 Å². The van der Waals surface area contributed by atoms with E-state index in [1.165, 1.54) is 5.56 Å². The van der Waals surface area contributed by atoms with Crippen LogP contribution in [0.5, 0.6) is 5.75 Å². The van der Waals surface area contributed by atoms with Crippen molar-refractivity contribution >= 4 is 12.6 Å². The molecule has 82 valence electrons. The first-order valence-electron chi connectivity index (χ1n) is 5.36. The molecule has 1 aromatic rings. The molecule has 0 saturated carbocycles. The normalized spacial score (nSPS) is 16.7. The Morgan fingerprint density at radius 3 is 3.13 bits per heavy atom. The van der Waals surface area contributed by atoms with Crippen LogP contribution in [-0.4, -0.2) is 17.5 Å². The van der Waals surface area contributed by atoms with Crippen molar-refractivity contribution in [3.8, 4) is 5.75 Å². The van der Waals surface area contributed by atoms with Gasteiger partial charge in [0.15, 0.2) is 0 Å². The lowest BCUT2D eigenvalue weighted by Crippen LogP contribution is -2.09. The molecule has 0 aliphatic carbocycles. The molecule has 1 aliphatic rings. The van der Waals surface area contributed by atoms with Gasteiger partial charge in [0.2, 0.25) is 0 Å². The first-order valence-corrected chi connectivity index (χ1v) is 5.99. The molecule has 1 N–H and O–H groups in total. The number of ether oxygens (including phenoxy) is 1. The Bertz CT molecular complexity index is 338. The lowest BCUT2D eigenvalue weighted by atomic mass is 10.00. The molecule has 2 nitrogen and oxygen atoms in total. The Morgan fingerprint density at radius 1 is 1.47 bits per heavy atom. The Labute approximate surface area is 95.7 Å². The van der Waals surface area contributed by atoms with Crippen LogP contribution in [0.15, 0.2) is 18.2 Å². The zero-order chi connectivity index (χ0) is 10.7. The van der Waals surface area contributed by atoms with Gasteiger partial charge in [0, 0.05) is 0 Å². The van der Waals surface area contributed by atoms with Gasteiger partial charge >= 0.3 is 0 Å². The topological polar surface area (TPSA) is 29.5 Å². The maximum Gasteiger partial charge on any atom is 0.122 e. The molecule has 0 spiro atoms. The fraction of sp³-hybridized carbons (Fsp3) is 0.500. The van der Waals surface area contributed by atoms with E-state index >= 15 is 0 Å². The number of aryl methyl sites for hydroxylation is 1. The molecular weight excluding hydrogens is 208 g/mol. The predicted molar refractivity (Wildman–Crippen MR) is 63.7 cm³/mol. The van der Waals surface area contributed by atoms with Crippen molar-refractivity contribution in [1.29, 1.82) is 0 Å². The molecule has 1 unspecified atom stereocenters. The average Bonchev–Trinajstić information content (AvgIpc) is 2.29. The standard InChI is InChI=1S/C12H16O2S/c13-11(5-7-15)9-3-4-12-10(8-9)2-1-6-14-12/h3-4,8,11,13,15H,1-2,5-7H2. The number of rotatable bonds is 3. The summed E-state index contributed by atoms with van der Waals surface area (Å²) in [5, 5.41) is 9.83. The third kappa shape index (κ3) is 2.47. The second kappa shape index (κ2) is 4.90. The largest absolute Gasteiger partial charge is 0.493 e. The van der Waals surface area contributed by atoms with Crippen molar-refractivity contribution in [2.45, 2.75) is 25.4 Å². The van der Waals surface area contributed by atoms with Crippen molar-refractivity contribution in [2.24, 2.45) is 0 Å². The van der Waals surface area contributed by atoms with Crippen molar-refractivity contribution in [3.05, 3.63) is 29.3 Å². The molecule has 3 heteroatoms. The summed E-state index contributed by atoms with van der Waals surface area (Å²) in [5.74, 6) is 1.68. The predicted octanol–water partition coefficient (Wildman–Crippen LogP) is 2.36. The van der Waals surface area contributed by atoms with Gasteiger partial charge in [0.25, 0.3) is 0 Å².